The number of allylic oxidation sites excluding steroid dienone is 2. The summed E-state index contributed by atoms with van der Waals surface area (Å²) >= 11 is 0. The molecule has 1 N–H and O–H groups in total. The van der Waals surface area contributed by atoms with Crippen LogP contribution in [0.3, 0.4) is 0 Å². The molecule has 27 heavy (non-hydrogen) atoms. The van der Waals surface area contributed by atoms with Crippen LogP contribution in [0.25, 0.3) is 0 Å². The van der Waals surface area contributed by atoms with Crippen LogP contribution in [0.1, 0.15) is 6.42 Å². The number of carbonyl (C=O) groups excluding carboxylic acids is 3. The molecule has 0 unspecified atom stereocenters. The predicted molar refractivity (Wildman–Crippen MR) is 93.1 cm³/mol. The van der Waals surface area contributed by atoms with Crippen LogP contribution < -0.4 is 5.32 Å². The number of amides is 3. The fourth-order valence-electron chi connectivity index (χ4n) is 5.22. The van der Waals surface area contributed by atoms with Crippen LogP contribution in [0.2, 0.25) is 0 Å². The average Bonchev–Trinajstić information content (AvgIpc) is 3.43. The van der Waals surface area contributed by atoms with Gasteiger partial charge in [0.2, 0.25) is 17.7 Å². The molecule has 6 rings (SSSR count). The number of nitrogens with zero attached hydrogens (tertiary/aromatic N) is 2. The first-order valence-electron chi connectivity index (χ1n) is 9.03. The van der Waals surface area contributed by atoms with E-state index in [1.807, 2.05) is 0 Å². The van der Waals surface area contributed by atoms with E-state index in [0.29, 0.717) is 11.8 Å². The van der Waals surface area contributed by atoms with E-state index >= 15 is 0 Å². The van der Waals surface area contributed by atoms with Gasteiger partial charge in [0.05, 0.1) is 16.8 Å². The van der Waals surface area contributed by atoms with Gasteiger partial charge in [0.25, 0.3) is 5.69 Å². The predicted octanol–water partition coefficient (Wildman–Crippen LogP) is 1.59. The summed E-state index contributed by atoms with van der Waals surface area (Å²) in [5, 5.41) is 13.4. The second-order valence-electron chi connectivity index (χ2n) is 7.77. The Labute approximate surface area is 154 Å². The Morgan fingerprint density at radius 1 is 1.15 bits per heavy atom. The van der Waals surface area contributed by atoms with Crippen LogP contribution in [0.15, 0.2) is 36.4 Å². The van der Waals surface area contributed by atoms with Crippen molar-refractivity contribution in [1.82, 2.24) is 4.90 Å². The van der Waals surface area contributed by atoms with Crippen LogP contribution in [0.4, 0.5) is 11.4 Å². The highest BCUT2D eigenvalue weighted by atomic mass is 16.6. The summed E-state index contributed by atoms with van der Waals surface area (Å²) in [6.45, 7) is -0.359. The molecule has 0 spiro atoms. The second kappa shape index (κ2) is 5.48. The molecule has 2 saturated carbocycles. The van der Waals surface area contributed by atoms with Gasteiger partial charge in [-0.05, 0) is 36.2 Å². The molecule has 1 aromatic rings. The SMILES string of the molecule is O=C(CN1C(=O)[C@@H]2[C@H]3C=C[C@@H]([C@@H]4C[C@@H]34)[C@H]2C1=O)Nc1cccc([N+](=O)[O-])c1. The van der Waals surface area contributed by atoms with E-state index in [9.17, 15) is 24.5 Å². The Morgan fingerprint density at radius 3 is 2.37 bits per heavy atom. The number of rotatable bonds is 4. The number of hydrogen-bond acceptors (Lipinski definition) is 5. The standard InChI is InChI=1S/C19H17N3O5/c23-15(20-9-2-1-3-10(6-9)22(26)27)8-21-18(24)16-11-4-5-12(14-7-13(11)14)17(16)19(21)25/h1-6,11-14,16-17H,7-8H2,(H,20,23)/t11-,12-,13-,14-,16+,17+/m0/s1. The highest BCUT2D eigenvalue weighted by Crippen LogP contribution is 2.65. The monoisotopic (exact) mass is 367 g/mol. The summed E-state index contributed by atoms with van der Waals surface area (Å²) in [6, 6.07) is 5.55. The molecule has 1 saturated heterocycles. The minimum atomic E-state index is -0.554. The number of likely N-dealkylation sites (tertiary alicyclic amines) is 1. The Kier molecular flexibility index (Phi) is 3.28. The third-order valence-corrected chi connectivity index (χ3v) is 6.40. The number of non-ortho nitro benzene ring substituents is 1. The van der Waals surface area contributed by atoms with Gasteiger partial charge < -0.3 is 5.32 Å². The van der Waals surface area contributed by atoms with E-state index in [-0.39, 0.29) is 53.4 Å². The molecule has 6 atom stereocenters. The lowest BCUT2D eigenvalue weighted by Gasteiger charge is -2.37. The summed E-state index contributed by atoms with van der Waals surface area (Å²) < 4.78 is 0. The van der Waals surface area contributed by atoms with Gasteiger partial charge in [-0.1, -0.05) is 18.2 Å². The van der Waals surface area contributed by atoms with E-state index in [1.54, 1.807) is 0 Å². The van der Waals surface area contributed by atoms with Crippen molar-refractivity contribution in [2.24, 2.45) is 35.5 Å². The summed E-state index contributed by atoms with van der Waals surface area (Å²) in [5.74, 6) is -0.469. The Hall–Kier alpha value is -3.03. The topological polar surface area (TPSA) is 110 Å². The molecule has 3 fully saturated rings. The number of nitro benzene ring substituents is 1. The van der Waals surface area contributed by atoms with Crippen molar-refractivity contribution < 1.29 is 19.3 Å². The fourth-order valence-corrected chi connectivity index (χ4v) is 5.22. The molecule has 1 aliphatic heterocycles. The van der Waals surface area contributed by atoms with Gasteiger partial charge in [-0.25, -0.2) is 0 Å². The van der Waals surface area contributed by atoms with Crippen molar-refractivity contribution in [3.8, 4) is 0 Å². The molecular formula is C19H17N3O5. The lowest BCUT2D eigenvalue weighted by atomic mass is 9.63. The maximum absolute atomic E-state index is 12.8. The van der Waals surface area contributed by atoms with E-state index in [4.69, 9.17) is 0 Å². The Bertz CT molecular complexity index is 890. The molecule has 8 nitrogen and oxygen atoms in total. The van der Waals surface area contributed by atoms with E-state index in [1.165, 1.54) is 24.3 Å². The molecule has 2 bridgehead atoms. The second-order valence-corrected chi connectivity index (χ2v) is 7.77. The van der Waals surface area contributed by atoms with E-state index in [0.717, 1.165) is 11.3 Å². The van der Waals surface area contributed by atoms with Crippen LogP contribution in [-0.4, -0.2) is 34.1 Å². The van der Waals surface area contributed by atoms with Gasteiger partial charge >= 0.3 is 0 Å². The molecule has 3 amide bonds. The Morgan fingerprint density at radius 2 is 1.78 bits per heavy atom. The molecule has 1 heterocycles. The van der Waals surface area contributed by atoms with E-state index in [2.05, 4.69) is 17.5 Å². The number of benzene rings is 1. The van der Waals surface area contributed by atoms with Crippen molar-refractivity contribution in [3.63, 3.8) is 0 Å². The molecular weight excluding hydrogens is 350 g/mol. The van der Waals surface area contributed by atoms with Crippen LogP contribution in [-0.2, 0) is 14.4 Å². The number of carbonyl (C=O) groups is 3. The van der Waals surface area contributed by atoms with Crippen molar-refractivity contribution >= 4 is 29.1 Å². The van der Waals surface area contributed by atoms with Gasteiger partial charge in [-0.3, -0.25) is 29.4 Å². The first-order chi connectivity index (χ1) is 13.0. The number of imide groups is 1. The average molecular weight is 367 g/mol. The van der Waals surface area contributed by atoms with Gasteiger partial charge in [0.1, 0.15) is 6.54 Å². The van der Waals surface area contributed by atoms with Crippen LogP contribution >= 0.6 is 0 Å². The lowest BCUT2D eigenvalue weighted by Crippen LogP contribution is -2.40. The molecule has 5 aliphatic rings. The highest BCUT2D eigenvalue weighted by Gasteiger charge is 2.67. The van der Waals surface area contributed by atoms with Crippen molar-refractivity contribution in [2.45, 2.75) is 6.42 Å². The maximum atomic E-state index is 12.8. The quantitative estimate of drug-likeness (QED) is 0.376. The minimum absolute atomic E-state index is 0.117. The van der Waals surface area contributed by atoms with Crippen molar-refractivity contribution in [3.05, 3.63) is 46.5 Å². The molecule has 8 heteroatoms. The minimum Gasteiger partial charge on any atom is -0.324 e. The number of anilines is 1. The summed E-state index contributed by atoms with van der Waals surface area (Å²) in [7, 11) is 0. The third-order valence-electron chi connectivity index (χ3n) is 6.40. The maximum Gasteiger partial charge on any atom is 0.271 e. The van der Waals surface area contributed by atoms with Crippen molar-refractivity contribution in [2.75, 3.05) is 11.9 Å². The van der Waals surface area contributed by atoms with E-state index < -0.39 is 10.8 Å². The van der Waals surface area contributed by atoms with Crippen molar-refractivity contribution in [1.29, 1.82) is 0 Å². The molecule has 1 aromatic carbocycles. The van der Waals surface area contributed by atoms with Gasteiger partial charge in [0.15, 0.2) is 0 Å². The largest absolute Gasteiger partial charge is 0.324 e. The molecule has 4 aliphatic carbocycles. The number of nitro groups is 1. The van der Waals surface area contributed by atoms with Crippen LogP contribution in [0.5, 0.6) is 0 Å². The van der Waals surface area contributed by atoms with Gasteiger partial charge in [-0.2, -0.15) is 0 Å². The zero-order valence-electron chi connectivity index (χ0n) is 14.3. The molecule has 0 aromatic heterocycles. The Balaban J connectivity index is 1.31. The summed E-state index contributed by atoms with van der Waals surface area (Å²) in [4.78, 5) is 49.4. The number of hydrogen-bond donors (Lipinski definition) is 1. The lowest BCUT2D eigenvalue weighted by molar-refractivity contribution is -0.384. The first kappa shape index (κ1) is 16.2. The highest BCUT2D eigenvalue weighted by molar-refractivity contribution is 6.09. The zero-order chi connectivity index (χ0) is 18.9. The number of nitrogens with one attached hydrogen (secondary N) is 1. The third kappa shape index (κ3) is 2.32. The normalized spacial score (nSPS) is 35.0. The smallest absolute Gasteiger partial charge is 0.271 e. The fraction of sp³-hybridized carbons (Fsp3) is 0.421. The summed E-state index contributed by atoms with van der Waals surface area (Å²) in [5.41, 5.74) is 0.114. The van der Waals surface area contributed by atoms with Gasteiger partial charge in [-0.15, -0.1) is 0 Å². The molecule has 138 valence electrons. The summed E-state index contributed by atoms with van der Waals surface area (Å²) in [6.07, 6.45) is 5.25. The first-order valence-corrected chi connectivity index (χ1v) is 9.03. The van der Waals surface area contributed by atoms with Gasteiger partial charge in [0, 0.05) is 17.8 Å². The zero-order valence-corrected chi connectivity index (χ0v) is 14.3. The van der Waals surface area contributed by atoms with Crippen LogP contribution in [0, 0.1) is 45.6 Å². The molecule has 0 radical (unpaired) electrons.